The van der Waals surface area contributed by atoms with Crippen LogP contribution < -0.4 is 4.90 Å². The number of rotatable bonds is 2. The number of aromatic nitrogens is 2. The number of carbonyl (C=O) groups excluding carboxylic acids is 2. The van der Waals surface area contributed by atoms with Gasteiger partial charge in [-0.15, -0.1) is 0 Å². The van der Waals surface area contributed by atoms with Crippen LogP contribution in [0.5, 0.6) is 0 Å². The Labute approximate surface area is 160 Å². The fourth-order valence-corrected chi connectivity index (χ4v) is 4.54. The predicted octanol–water partition coefficient (Wildman–Crippen LogP) is 1.61. The van der Waals surface area contributed by atoms with Gasteiger partial charge in [-0.3, -0.25) is 14.5 Å². The minimum atomic E-state index is -0.286. The summed E-state index contributed by atoms with van der Waals surface area (Å²) in [6, 6.07) is 0. The van der Waals surface area contributed by atoms with Crippen molar-refractivity contribution in [2.24, 2.45) is 5.92 Å². The van der Waals surface area contributed by atoms with E-state index in [0.717, 1.165) is 55.1 Å². The van der Waals surface area contributed by atoms with E-state index in [1.165, 1.54) is 0 Å². The first-order chi connectivity index (χ1) is 12.9. The highest BCUT2D eigenvalue weighted by atomic mass is 16.5. The molecule has 1 aromatic heterocycles. The summed E-state index contributed by atoms with van der Waals surface area (Å²) < 4.78 is 5.40. The topological polar surface area (TPSA) is 75.6 Å². The standard InChI is InChI=1S/C20H28N4O3/c1-13-15-11-16(25)23(3)17(15)22-19(21-13)20(2)7-4-8-24(12-20)18(26)14-5-9-27-10-6-14/h14H,4-12H2,1-3H3. The Hall–Kier alpha value is -2.02. The largest absolute Gasteiger partial charge is 0.381 e. The molecular formula is C20H28N4O3. The number of anilines is 1. The molecule has 146 valence electrons. The van der Waals surface area contributed by atoms with Crippen molar-refractivity contribution in [2.75, 3.05) is 38.3 Å². The number of fused-ring (bicyclic) bond motifs is 1. The lowest BCUT2D eigenvalue weighted by molar-refractivity contribution is -0.140. The van der Waals surface area contributed by atoms with Crippen LogP contribution in [-0.2, 0) is 26.2 Å². The minimum absolute atomic E-state index is 0.0599. The molecule has 1 aromatic rings. The molecule has 27 heavy (non-hydrogen) atoms. The molecule has 7 heteroatoms. The number of likely N-dealkylation sites (N-methyl/N-ethyl adjacent to an activating group) is 1. The lowest BCUT2D eigenvalue weighted by atomic mass is 9.80. The molecule has 0 spiro atoms. The van der Waals surface area contributed by atoms with Gasteiger partial charge in [0.15, 0.2) is 0 Å². The molecule has 0 saturated carbocycles. The van der Waals surface area contributed by atoms with E-state index in [1.807, 2.05) is 11.8 Å². The Bertz CT molecular complexity index is 775. The number of aryl methyl sites for hydroxylation is 1. The Kier molecular flexibility index (Phi) is 4.66. The number of nitrogens with zero attached hydrogens (tertiary/aromatic N) is 4. The first kappa shape index (κ1) is 18.3. The molecule has 3 aliphatic rings. The fraction of sp³-hybridized carbons (Fsp3) is 0.700. The molecule has 1 unspecified atom stereocenters. The molecule has 1 atom stereocenters. The normalized spacial score (nSPS) is 26.4. The summed E-state index contributed by atoms with van der Waals surface area (Å²) in [5.74, 6) is 1.87. The van der Waals surface area contributed by atoms with Gasteiger partial charge in [-0.2, -0.15) is 0 Å². The van der Waals surface area contributed by atoms with Gasteiger partial charge in [0.25, 0.3) is 0 Å². The third-order valence-electron chi connectivity index (χ3n) is 6.33. The lowest BCUT2D eigenvalue weighted by Gasteiger charge is -2.41. The lowest BCUT2D eigenvalue weighted by Crippen LogP contribution is -2.50. The highest BCUT2D eigenvalue weighted by Crippen LogP contribution is 2.36. The minimum Gasteiger partial charge on any atom is -0.381 e. The smallest absolute Gasteiger partial charge is 0.232 e. The van der Waals surface area contributed by atoms with Gasteiger partial charge in [0.1, 0.15) is 11.6 Å². The van der Waals surface area contributed by atoms with Gasteiger partial charge in [-0.25, -0.2) is 9.97 Å². The Morgan fingerprint density at radius 3 is 2.74 bits per heavy atom. The van der Waals surface area contributed by atoms with E-state index >= 15 is 0 Å². The number of likely N-dealkylation sites (tertiary alicyclic amines) is 1. The zero-order valence-corrected chi connectivity index (χ0v) is 16.5. The molecule has 0 radical (unpaired) electrons. The summed E-state index contributed by atoms with van der Waals surface area (Å²) in [6.45, 7) is 6.89. The van der Waals surface area contributed by atoms with E-state index in [2.05, 4.69) is 6.92 Å². The molecule has 0 aromatic carbocycles. The third kappa shape index (κ3) is 3.22. The van der Waals surface area contributed by atoms with Crippen LogP contribution in [0.4, 0.5) is 5.82 Å². The summed E-state index contributed by atoms with van der Waals surface area (Å²) >= 11 is 0. The van der Waals surface area contributed by atoms with Gasteiger partial charge in [0.2, 0.25) is 11.8 Å². The van der Waals surface area contributed by atoms with Gasteiger partial charge < -0.3 is 9.64 Å². The van der Waals surface area contributed by atoms with Crippen LogP contribution >= 0.6 is 0 Å². The fourth-order valence-electron chi connectivity index (χ4n) is 4.54. The summed E-state index contributed by atoms with van der Waals surface area (Å²) in [6.07, 6.45) is 3.89. The second kappa shape index (κ2) is 6.86. The summed E-state index contributed by atoms with van der Waals surface area (Å²) in [7, 11) is 1.77. The summed E-state index contributed by atoms with van der Waals surface area (Å²) in [5, 5.41) is 0. The molecule has 2 amide bonds. The molecular weight excluding hydrogens is 344 g/mol. The first-order valence-electron chi connectivity index (χ1n) is 9.90. The maximum absolute atomic E-state index is 13.0. The molecule has 4 heterocycles. The van der Waals surface area contributed by atoms with E-state index in [0.29, 0.717) is 26.2 Å². The summed E-state index contributed by atoms with van der Waals surface area (Å²) in [4.78, 5) is 38.2. The van der Waals surface area contributed by atoms with Crippen LogP contribution in [0.25, 0.3) is 0 Å². The van der Waals surface area contributed by atoms with Crippen LogP contribution in [0.2, 0.25) is 0 Å². The second-order valence-corrected chi connectivity index (χ2v) is 8.37. The molecule has 0 bridgehead atoms. The van der Waals surface area contributed by atoms with Gasteiger partial charge in [0.05, 0.1) is 6.42 Å². The molecule has 0 aliphatic carbocycles. The van der Waals surface area contributed by atoms with Crippen molar-refractivity contribution < 1.29 is 14.3 Å². The van der Waals surface area contributed by atoms with Crippen LogP contribution in [0.3, 0.4) is 0 Å². The number of ether oxygens (including phenoxy) is 1. The van der Waals surface area contributed by atoms with Crippen LogP contribution in [0, 0.1) is 12.8 Å². The summed E-state index contributed by atoms with van der Waals surface area (Å²) in [5.41, 5.74) is 1.52. The van der Waals surface area contributed by atoms with Crippen molar-refractivity contribution in [2.45, 2.75) is 51.4 Å². The maximum atomic E-state index is 13.0. The van der Waals surface area contributed by atoms with Crippen molar-refractivity contribution in [3.8, 4) is 0 Å². The van der Waals surface area contributed by atoms with Crippen LogP contribution in [0.15, 0.2) is 0 Å². The molecule has 2 saturated heterocycles. The molecule has 4 rings (SSSR count). The molecule has 0 N–H and O–H groups in total. The quantitative estimate of drug-likeness (QED) is 0.788. The van der Waals surface area contributed by atoms with E-state index in [-0.39, 0.29) is 23.1 Å². The van der Waals surface area contributed by atoms with Crippen molar-refractivity contribution in [1.82, 2.24) is 14.9 Å². The van der Waals surface area contributed by atoms with Gasteiger partial charge in [-0.05, 0) is 32.6 Å². The monoisotopic (exact) mass is 372 g/mol. The first-order valence-corrected chi connectivity index (χ1v) is 9.90. The highest BCUT2D eigenvalue weighted by molar-refractivity contribution is 6.00. The van der Waals surface area contributed by atoms with Crippen LogP contribution in [-0.4, -0.2) is 60.0 Å². The highest BCUT2D eigenvalue weighted by Gasteiger charge is 2.40. The van der Waals surface area contributed by atoms with Gasteiger partial charge in [0, 0.05) is 55.9 Å². The Balaban J connectivity index is 1.59. The molecule has 7 nitrogen and oxygen atoms in total. The molecule has 3 aliphatic heterocycles. The molecule has 2 fully saturated rings. The SMILES string of the molecule is Cc1nc(C2(C)CCCN(C(=O)C3CCOCC3)C2)nc2c1CC(=O)N2C. The van der Waals surface area contributed by atoms with Gasteiger partial charge in [-0.1, -0.05) is 6.92 Å². The van der Waals surface area contributed by atoms with Crippen LogP contribution in [0.1, 0.15) is 49.7 Å². The second-order valence-electron chi connectivity index (χ2n) is 8.37. The van der Waals surface area contributed by atoms with Crippen molar-refractivity contribution in [3.05, 3.63) is 17.1 Å². The Morgan fingerprint density at radius 1 is 1.26 bits per heavy atom. The average Bonchev–Trinajstić information content (AvgIpc) is 2.97. The van der Waals surface area contributed by atoms with E-state index in [1.54, 1.807) is 11.9 Å². The van der Waals surface area contributed by atoms with Gasteiger partial charge >= 0.3 is 0 Å². The number of hydrogen-bond donors (Lipinski definition) is 0. The zero-order chi connectivity index (χ0) is 19.2. The predicted molar refractivity (Wildman–Crippen MR) is 101 cm³/mol. The number of amides is 2. The van der Waals surface area contributed by atoms with E-state index in [4.69, 9.17) is 14.7 Å². The maximum Gasteiger partial charge on any atom is 0.232 e. The van der Waals surface area contributed by atoms with Crippen molar-refractivity contribution in [1.29, 1.82) is 0 Å². The van der Waals surface area contributed by atoms with Crippen molar-refractivity contribution >= 4 is 17.6 Å². The van der Waals surface area contributed by atoms with Crippen molar-refractivity contribution in [3.63, 3.8) is 0 Å². The average molecular weight is 372 g/mol. The number of piperidine rings is 1. The Morgan fingerprint density at radius 2 is 2.00 bits per heavy atom. The third-order valence-corrected chi connectivity index (χ3v) is 6.33. The zero-order valence-electron chi connectivity index (χ0n) is 16.5. The number of hydrogen-bond acceptors (Lipinski definition) is 5. The number of carbonyl (C=O) groups is 2. The van der Waals surface area contributed by atoms with E-state index < -0.39 is 0 Å². The van der Waals surface area contributed by atoms with E-state index in [9.17, 15) is 9.59 Å².